The Morgan fingerprint density at radius 3 is 2.34 bits per heavy atom. The van der Waals surface area contributed by atoms with Gasteiger partial charge >= 0.3 is 0 Å². The van der Waals surface area contributed by atoms with E-state index in [0.29, 0.717) is 32.6 Å². The van der Waals surface area contributed by atoms with Gasteiger partial charge in [-0.25, -0.2) is 0 Å². The van der Waals surface area contributed by atoms with Crippen LogP contribution in [-0.4, -0.2) is 91.4 Å². The van der Waals surface area contributed by atoms with Crippen LogP contribution in [0.1, 0.15) is 60.3 Å². The van der Waals surface area contributed by atoms with E-state index in [1.165, 1.54) is 0 Å². The van der Waals surface area contributed by atoms with Gasteiger partial charge in [0, 0.05) is 43.1 Å². The molecule has 2 saturated heterocycles. The number of hydrogen-bond donors (Lipinski definition) is 1. The average molecular weight is 504 g/mol. The molecule has 35 heavy (non-hydrogen) atoms. The first-order valence-electron chi connectivity index (χ1n) is 13.1. The van der Waals surface area contributed by atoms with Gasteiger partial charge in [0.15, 0.2) is 0 Å². The van der Waals surface area contributed by atoms with Crippen molar-refractivity contribution in [3.63, 3.8) is 0 Å². The quantitative estimate of drug-likeness (QED) is 0.427. The van der Waals surface area contributed by atoms with Crippen molar-refractivity contribution in [3.05, 3.63) is 24.3 Å². The standard InChI is InChI=1S/C27H41N3O4S/c1-6-14-28-15-10-12-26(5)19(22(28)32)20-23(33)29(16-8-7-9-18-31)21-24(34)30(25(2,3)4)17-11-13-27(20,21)35-26/h10-13,19-21,31H,6-9,14-18H2,1-5H3/t19-,20+,21?,26+,27+/m1/s1. The van der Waals surface area contributed by atoms with Crippen LogP contribution in [0.2, 0.25) is 0 Å². The number of unbranched alkanes of at least 4 members (excludes halogenated alkanes) is 2. The Bertz CT molecular complexity index is 928. The Kier molecular flexibility index (Phi) is 7.19. The van der Waals surface area contributed by atoms with Gasteiger partial charge in [0.2, 0.25) is 17.7 Å². The minimum atomic E-state index is -0.778. The summed E-state index contributed by atoms with van der Waals surface area (Å²) in [6.45, 7) is 12.5. The minimum Gasteiger partial charge on any atom is -0.396 e. The lowest BCUT2D eigenvalue weighted by Gasteiger charge is -2.41. The minimum absolute atomic E-state index is 0.0285. The number of nitrogens with zero attached hydrogens (tertiary/aromatic N) is 3. The number of carbonyl (C=O) groups is 3. The van der Waals surface area contributed by atoms with Gasteiger partial charge in [0.25, 0.3) is 0 Å². The van der Waals surface area contributed by atoms with E-state index in [1.807, 2.05) is 36.6 Å². The van der Waals surface area contributed by atoms with Gasteiger partial charge in [0.1, 0.15) is 6.04 Å². The first-order chi connectivity index (χ1) is 16.5. The highest BCUT2D eigenvalue weighted by atomic mass is 32.2. The molecule has 0 bridgehead atoms. The van der Waals surface area contributed by atoms with Crippen LogP contribution in [0.5, 0.6) is 0 Å². The maximum atomic E-state index is 14.2. The number of thioether (sulfide) groups is 1. The second-order valence-electron chi connectivity index (χ2n) is 11.5. The summed E-state index contributed by atoms with van der Waals surface area (Å²) in [5.41, 5.74) is -0.387. The van der Waals surface area contributed by atoms with Gasteiger partial charge < -0.3 is 19.8 Å². The monoisotopic (exact) mass is 503 g/mol. The zero-order valence-corrected chi connectivity index (χ0v) is 22.6. The zero-order chi connectivity index (χ0) is 25.6. The lowest BCUT2D eigenvalue weighted by Crippen LogP contribution is -2.57. The number of hydrogen-bond acceptors (Lipinski definition) is 5. The van der Waals surface area contributed by atoms with Crippen LogP contribution in [0.3, 0.4) is 0 Å². The molecule has 5 atom stereocenters. The fraction of sp³-hybridized carbons (Fsp3) is 0.741. The Hall–Kier alpha value is -1.80. The van der Waals surface area contributed by atoms with E-state index < -0.39 is 27.4 Å². The molecule has 4 rings (SSSR count). The van der Waals surface area contributed by atoms with Crippen molar-refractivity contribution in [3.8, 4) is 0 Å². The lowest BCUT2D eigenvalue weighted by atomic mass is 9.74. The summed E-state index contributed by atoms with van der Waals surface area (Å²) in [6.07, 6.45) is 11.4. The van der Waals surface area contributed by atoms with Gasteiger partial charge in [-0.15, -0.1) is 11.8 Å². The van der Waals surface area contributed by atoms with Crippen LogP contribution in [0, 0.1) is 11.8 Å². The van der Waals surface area contributed by atoms with Gasteiger partial charge in [-0.3, -0.25) is 14.4 Å². The van der Waals surface area contributed by atoms with Gasteiger partial charge in [-0.05, 0) is 53.4 Å². The molecule has 1 unspecified atom stereocenters. The molecule has 4 aliphatic heterocycles. The highest BCUT2D eigenvalue weighted by Gasteiger charge is 2.74. The smallest absolute Gasteiger partial charge is 0.247 e. The third kappa shape index (κ3) is 4.24. The first-order valence-corrected chi connectivity index (χ1v) is 13.9. The second kappa shape index (κ2) is 9.58. The topological polar surface area (TPSA) is 81.2 Å². The molecular weight excluding hydrogens is 462 g/mol. The molecular formula is C27H41N3O4S. The van der Waals surface area contributed by atoms with Gasteiger partial charge in [-0.1, -0.05) is 31.2 Å². The van der Waals surface area contributed by atoms with Crippen LogP contribution in [0.15, 0.2) is 24.3 Å². The van der Waals surface area contributed by atoms with Crippen molar-refractivity contribution < 1.29 is 19.5 Å². The van der Waals surface area contributed by atoms with Crippen LogP contribution < -0.4 is 0 Å². The Morgan fingerprint density at radius 2 is 1.69 bits per heavy atom. The molecule has 0 aliphatic carbocycles. The van der Waals surface area contributed by atoms with Crippen LogP contribution in [-0.2, 0) is 14.4 Å². The van der Waals surface area contributed by atoms with E-state index in [1.54, 1.807) is 16.7 Å². The molecule has 0 aromatic heterocycles. The van der Waals surface area contributed by atoms with E-state index in [-0.39, 0.29) is 29.9 Å². The lowest BCUT2D eigenvalue weighted by molar-refractivity contribution is -0.146. The first kappa shape index (κ1) is 26.3. The highest BCUT2D eigenvalue weighted by Crippen LogP contribution is 2.65. The van der Waals surface area contributed by atoms with Gasteiger partial charge in [0.05, 0.1) is 16.6 Å². The molecule has 8 heteroatoms. The van der Waals surface area contributed by atoms with E-state index in [2.05, 4.69) is 32.1 Å². The van der Waals surface area contributed by atoms with Crippen molar-refractivity contribution in [2.24, 2.45) is 11.8 Å². The number of aliphatic hydroxyl groups excluding tert-OH is 1. The molecule has 194 valence electrons. The predicted molar refractivity (Wildman–Crippen MR) is 139 cm³/mol. The maximum Gasteiger partial charge on any atom is 0.247 e. The van der Waals surface area contributed by atoms with E-state index in [4.69, 9.17) is 0 Å². The Morgan fingerprint density at radius 1 is 0.971 bits per heavy atom. The normalized spacial score (nSPS) is 34.7. The van der Waals surface area contributed by atoms with Crippen molar-refractivity contribution in [2.45, 2.75) is 81.4 Å². The van der Waals surface area contributed by atoms with Crippen LogP contribution in [0.4, 0.5) is 0 Å². The molecule has 0 radical (unpaired) electrons. The molecule has 1 N–H and O–H groups in total. The fourth-order valence-electron chi connectivity index (χ4n) is 6.46. The molecule has 1 spiro atoms. The summed E-state index contributed by atoms with van der Waals surface area (Å²) < 4.78 is -1.33. The SMILES string of the molecule is CCCN1CC=C[C@]2(C)S[C@]34C=CCN(C(C)(C)C)C(=O)C3N(CCCCCO)C(=O)[C@@H]4[C@@H]2C1=O. The summed E-state index contributed by atoms with van der Waals surface area (Å²) >= 11 is 1.65. The highest BCUT2D eigenvalue weighted by molar-refractivity contribution is 8.02. The number of fused-ring (bicyclic) bond motifs is 2. The van der Waals surface area contributed by atoms with E-state index in [9.17, 15) is 19.5 Å². The Labute approximate surface area is 214 Å². The number of rotatable bonds is 7. The largest absolute Gasteiger partial charge is 0.396 e. The van der Waals surface area contributed by atoms with Crippen molar-refractivity contribution in [1.29, 1.82) is 0 Å². The van der Waals surface area contributed by atoms with Gasteiger partial charge in [-0.2, -0.15) is 0 Å². The molecule has 0 aromatic carbocycles. The molecule has 3 amide bonds. The summed E-state index contributed by atoms with van der Waals surface area (Å²) in [5.74, 6) is -1.16. The Balaban J connectivity index is 1.81. The molecule has 4 aliphatic rings. The summed E-state index contributed by atoms with van der Waals surface area (Å²) in [6, 6.07) is -0.637. The summed E-state index contributed by atoms with van der Waals surface area (Å²) in [7, 11) is 0. The number of carbonyl (C=O) groups excluding carboxylic acids is 3. The third-order valence-corrected chi connectivity index (χ3v) is 9.80. The van der Waals surface area contributed by atoms with E-state index in [0.717, 1.165) is 19.3 Å². The van der Waals surface area contributed by atoms with Crippen molar-refractivity contribution in [1.82, 2.24) is 14.7 Å². The second-order valence-corrected chi connectivity index (χ2v) is 13.3. The van der Waals surface area contributed by atoms with E-state index >= 15 is 0 Å². The zero-order valence-electron chi connectivity index (χ0n) is 21.8. The maximum absolute atomic E-state index is 14.2. The van der Waals surface area contributed by atoms with Crippen LogP contribution in [0.25, 0.3) is 0 Å². The summed E-state index contributed by atoms with van der Waals surface area (Å²) in [4.78, 5) is 47.9. The average Bonchev–Trinajstić information content (AvgIpc) is 3.04. The molecule has 0 aromatic rings. The van der Waals surface area contributed by atoms with Crippen LogP contribution >= 0.6 is 11.8 Å². The summed E-state index contributed by atoms with van der Waals surface area (Å²) in [5, 5.41) is 9.21. The molecule has 2 fully saturated rings. The van der Waals surface area contributed by atoms with Crippen molar-refractivity contribution in [2.75, 3.05) is 32.8 Å². The number of amides is 3. The number of likely N-dealkylation sites (tertiary alicyclic amines) is 1. The van der Waals surface area contributed by atoms with Crippen molar-refractivity contribution >= 4 is 29.5 Å². The fourth-order valence-corrected chi connectivity index (χ4v) is 8.61. The third-order valence-electron chi connectivity index (χ3n) is 8.00. The molecule has 0 saturated carbocycles. The predicted octanol–water partition coefficient (Wildman–Crippen LogP) is 2.84. The molecule has 7 nitrogen and oxygen atoms in total. The molecule has 4 heterocycles. The number of aliphatic hydroxyl groups is 1.